The van der Waals surface area contributed by atoms with E-state index in [1.807, 2.05) is 11.9 Å². The third-order valence-corrected chi connectivity index (χ3v) is 4.73. The Hall–Kier alpha value is 0.130. The van der Waals surface area contributed by atoms with E-state index in [4.69, 9.17) is 11.2 Å². The summed E-state index contributed by atoms with van der Waals surface area (Å²) in [5.41, 5.74) is 0. The van der Waals surface area contributed by atoms with E-state index in [0.717, 1.165) is 18.6 Å². The molecule has 1 aliphatic rings. The summed E-state index contributed by atoms with van der Waals surface area (Å²) >= 11 is 5.84. The van der Waals surface area contributed by atoms with Crippen molar-refractivity contribution in [1.29, 1.82) is 0 Å². The van der Waals surface area contributed by atoms with Gasteiger partial charge in [0, 0.05) is 0 Å². The molecule has 0 saturated carbocycles. The number of hydrogen-bond donors (Lipinski definition) is 0. The van der Waals surface area contributed by atoms with E-state index >= 15 is 0 Å². The topological polar surface area (TPSA) is 17.1 Å². The molecule has 0 aliphatic carbocycles. The second-order valence-corrected chi connectivity index (χ2v) is 7.02. The normalized spacial score (nSPS) is 27.6. The van der Waals surface area contributed by atoms with E-state index in [0.29, 0.717) is 0 Å². The molecule has 1 nitrogen and oxygen atoms in total. The van der Waals surface area contributed by atoms with Crippen molar-refractivity contribution in [2.24, 2.45) is 0 Å². The van der Waals surface area contributed by atoms with Crippen LogP contribution in [0, 0.1) is 0 Å². The molecule has 0 N–H and O–H groups in total. The fourth-order valence-corrected chi connectivity index (χ4v) is 2.89. The van der Waals surface area contributed by atoms with E-state index in [1.165, 1.54) is 0 Å². The van der Waals surface area contributed by atoms with Gasteiger partial charge in [0.25, 0.3) is 0 Å². The van der Waals surface area contributed by atoms with Crippen LogP contribution in [0.5, 0.6) is 0 Å². The summed E-state index contributed by atoms with van der Waals surface area (Å²) in [6, 6.07) is 0.929. The predicted molar refractivity (Wildman–Crippen MR) is 39.5 cm³/mol. The van der Waals surface area contributed by atoms with Crippen molar-refractivity contribution in [3.63, 3.8) is 0 Å². The van der Waals surface area contributed by atoms with Gasteiger partial charge in [-0.05, 0) is 0 Å². The maximum atomic E-state index is 10.2. The van der Waals surface area contributed by atoms with E-state index < -0.39 is 6.62 Å². The quantitative estimate of drug-likeness (QED) is 0.413. The van der Waals surface area contributed by atoms with Gasteiger partial charge in [-0.3, -0.25) is 0 Å². The SMILES string of the molecule is O=C[PH]1(Cl)C=CCC1. The van der Waals surface area contributed by atoms with Crippen molar-refractivity contribution in [1.82, 2.24) is 0 Å². The summed E-state index contributed by atoms with van der Waals surface area (Å²) < 4.78 is 0. The van der Waals surface area contributed by atoms with Crippen LogP contribution in [0.1, 0.15) is 6.42 Å². The van der Waals surface area contributed by atoms with Crippen molar-refractivity contribution in [2.45, 2.75) is 6.42 Å². The summed E-state index contributed by atoms with van der Waals surface area (Å²) in [7, 11) is 0. The molecule has 0 fully saturated rings. The molecule has 1 heterocycles. The zero-order valence-corrected chi connectivity index (χ0v) is 6.19. The number of allylic oxidation sites excluding steroid dienone is 1. The van der Waals surface area contributed by atoms with Gasteiger partial charge in [-0.25, -0.2) is 0 Å². The van der Waals surface area contributed by atoms with Crippen LogP contribution in [0.25, 0.3) is 0 Å². The van der Waals surface area contributed by atoms with Gasteiger partial charge in [0.05, 0.1) is 0 Å². The Morgan fingerprint density at radius 1 is 1.75 bits per heavy atom. The van der Waals surface area contributed by atoms with E-state index in [9.17, 15) is 4.79 Å². The Morgan fingerprint density at radius 2 is 2.50 bits per heavy atom. The molecule has 0 aromatic rings. The van der Waals surface area contributed by atoms with Crippen LogP contribution in [0.2, 0.25) is 0 Å². The molecule has 0 aromatic carbocycles. The molecule has 1 aliphatic heterocycles. The molecule has 0 aromatic heterocycles. The number of rotatable bonds is 1. The van der Waals surface area contributed by atoms with Crippen molar-refractivity contribution in [3.05, 3.63) is 11.9 Å². The van der Waals surface area contributed by atoms with Crippen LogP contribution in [-0.4, -0.2) is 12.2 Å². The van der Waals surface area contributed by atoms with Crippen molar-refractivity contribution < 1.29 is 4.79 Å². The van der Waals surface area contributed by atoms with Crippen molar-refractivity contribution in [3.8, 4) is 0 Å². The molecular weight excluding hydrogens is 142 g/mol. The van der Waals surface area contributed by atoms with E-state index in [1.54, 1.807) is 0 Å². The zero-order valence-electron chi connectivity index (χ0n) is 4.43. The molecule has 3 heteroatoms. The first-order valence-electron chi connectivity index (χ1n) is 2.60. The van der Waals surface area contributed by atoms with Crippen LogP contribution in [0.4, 0.5) is 0 Å². The zero-order chi connectivity index (χ0) is 6.04. The number of carbonyl (C=O) groups is 1. The van der Waals surface area contributed by atoms with Crippen LogP contribution in [0.3, 0.4) is 0 Å². The third kappa shape index (κ3) is 1.10. The summed E-state index contributed by atoms with van der Waals surface area (Å²) in [5, 5.41) is 0. The Bertz CT molecular complexity index is 134. The van der Waals surface area contributed by atoms with Gasteiger partial charge in [0.15, 0.2) is 0 Å². The van der Waals surface area contributed by atoms with Crippen LogP contribution < -0.4 is 0 Å². The minimum absolute atomic E-state index is 0.901. The second-order valence-electron chi connectivity index (χ2n) is 1.99. The molecule has 0 radical (unpaired) electrons. The number of carbonyl (C=O) groups excluding carboxylic acids is 1. The van der Waals surface area contributed by atoms with Gasteiger partial charge in [-0.1, -0.05) is 0 Å². The van der Waals surface area contributed by atoms with Gasteiger partial charge in [-0.15, -0.1) is 0 Å². The molecule has 0 amide bonds. The van der Waals surface area contributed by atoms with Gasteiger partial charge in [0.1, 0.15) is 0 Å². The van der Waals surface area contributed by atoms with Gasteiger partial charge in [0.2, 0.25) is 0 Å². The average Bonchev–Trinajstić information content (AvgIpc) is 2.17. The minimum atomic E-state index is -1.95. The fourth-order valence-electron chi connectivity index (χ4n) is 0.765. The molecule has 46 valence electrons. The average molecular weight is 151 g/mol. The molecule has 0 saturated heterocycles. The number of halogens is 1. The van der Waals surface area contributed by atoms with Crippen LogP contribution >= 0.6 is 17.9 Å². The Kier molecular flexibility index (Phi) is 1.69. The maximum absolute atomic E-state index is 10.2. The Labute approximate surface area is 53.8 Å². The Balaban J connectivity index is 2.67. The van der Waals surface area contributed by atoms with Crippen molar-refractivity contribution >= 4 is 23.9 Å². The summed E-state index contributed by atoms with van der Waals surface area (Å²) in [4.78, 5) is 10.2. The first-order chi connectivity index (χ1) is 3.77. The van der Waals surface area contributed by atoms with E-state index in [2.05, 4.69) is 0 Å². The molecular formula is C5H8ClOP. The second kappa shape index (κ2) is 2.16. The van der Waals surface area contributed by atoms with Gasteiger partial charge in [-0.2, -0.15) is 0 Å². The van der Waals surface area contributed by atoms with Crippen molar-refractivity contribution in [2.75, 3.05) is 6.16 Å². The van der Waals surface area contributed by atoms with Crippen LogP contribution in [0.15, 0.2) is 11.9 Å². The van der Waals surface area contributed by atoms with Crippen LogP contribution in [-0.2, 0) is 4.79 Å². The standard InChI is InChI=1S/C5H8ClOP/c6-8(5-7)3-1-2-4-8/h1,3,5,8H,2,4H2. The molecule has 0 unspecified atom stereocenters. The monoisotopic (exact) mass is 150 g/mol. The third-order valence-electron chi connectivity index (χ3n) is 1.29. The summed E-state index contributed by atoms with van der Waals surface area (Å²) in [5.74, 6) is 1.89. The van der Waals surface area contributed by atoms with E-state index in [-0.39, 0.29) is 0 Å². The molecule has 0 bridgehead atoms. The first kappa shape index (κ1) is 6.25. The van der Waals surface area contributed by atoms with Gasteiger partial charge >= 0.3 is 53.2 Å². The fraction of sp³-hybridized carbons (Fsp3) is 0.400. The summed E-state index contributed by atoms with van der Waals surface area (Å²) in [6.07, 6.45) is 3.89. The molecule has 0 spiro atoms. The Morgan fingerprint density at radius 3 is 2.75 bits per heavy atom. The molecule has 0 atom stereocenters. The summed E-state index contributed by atoms with van der Waals surface area (Å²) in [6.45, 7) is -1.95. The number of hydrogen-bond acceptors (Lipinski definition) is 1. The van der Waals surface area contributed by atoms with Gasteiger partial charge < -0.3 is 0 Å². The molecule has 1 rings (SSSR count). The first-order valence-corrected chi connectivity index (χ1v) is 5.97. The predicted octanol–water partition coefficient (Wildman–Crippen LogP) is 2.00. The molecule has 8 heavy (non-hydrogen) atoms.